The molecule has 0 spiro atoms. The van der Waals surface area contributed by atoms with E-state index in [1.807, 2.05) is 24.3 Å². The molecule has 0 saturated carbocycles. The molecule has 1 N–H and O–H groups in total. The van der Waals surface area contributed by atoms with Crippen molar-refractivity contribution in [2.45, 2.75) is 6.42 Å². The van der Waals surface area contributed by atoms with Crippen LogP contribution >= 0.6 is 11.6 Å². The van der Waals surface area contributed by atoms with Gasteiger partial charge in [0.1, 0.15) is 0 Å². The topological polar surface area (TPSA) is 92.1 Å². The number of anilines is 1. The Morgan fingerprint density at radius 3 is 2.85 bits per heavy atom. The molecule has 3 aromatic rings. The molecule has 0 unspecified atom stereocenters. The zero-order chi connectivity index (χ0) is 18.3. The van der Waals surface area contributed by atoms with E-state index in [0.717, 1.165) is 22.5 Å². The smallest absolute Gasteiger partial charge is 0.270 e. The molecule has 1 amide bonds. The Morgan fingerprint density at radius 2 is 2.08 bits per heavy atom. The van der Waals surface area contributed by atoms with Crippen LogP contribution < -0.4 is 4.90 Å². The summed E-state index contributed by atoms with van der Waals surface area (Å²) >= 11 is 6.16. The number of carbonyl (C=O) groups excluding carboxylic acids is 1. The summed E-state index contributed by atoms with van der Waals surface area (Å²) in [7, 11) is 0. The quantitative estimate of drug-likeness (QED) is 0.549. The van der Waals surface area contributed by atoms with Crippen molar-refractivity contribution in [2.24, 2.45) is 0 Å². The summed E-state index contributed by atoms with van der Waals surface area (Å²) in [6.07, 6.45) is 2.40. The highest BCUT2D eigenvalue weighted by Gasteiger charge is 2.27. The number of rotatable bonds is 2. The molecule has 0 bridgehead atoms. The number of aromatic amines is 1. The van der Waals surface area contributed by atoms with Crippen LogP contribution in [0.5, 0.6) is 0 Å². The van der Waals surface area contributed by atoms with E-state index in [1.54, 1.807) is 11.1 Å². The number of non-ortho nitro benzene ring substituents is 1. The molecule has 2 heterocycles. The number of nitrogens with zero attached hydrogens (tertiary/aromatic N) is 3. The van der Waals surface area contributed by atoms with Crippen molar-refractivity contribution in [3.8, 4) is 11.3 Å². The first-order chi connectivity index (χ1) is 12.6. The van der Waals surface area contributed by atoms with Crippen molar-refractivity contribution in [2.75, 3.05) is 11.4 Å². The van der Waals surface area contributed by atoms with Gasteiger partial charge in [0.05, 0.1) is 33.1 Å². The summed E-state index contributed by atoms with van der Waals surface area (Å²) in [5.41, 5.74) is 3.63. The van der Waals surface area contributed by atoms with Crippen LogP contribution in [0.15, 0.2) is 48.7 Å². The van der Waals surface area contributed by atoms with E-state index in [2.05, 4.69) is 10.2 Å². The lowest BCUT2D eigenvalue weighted by Crippen LogP contribution is -2.32. The number of fused-ring (bicyclic) bond motifs is 3. The number of aromatic nitrogens is 2. The molecule has 1 aliphatic heterocycles. The minimum Gasteiger partial charge on any atom is -0.307 e. The lowest BCUT2D eigenvalue weighted by Gasteiger charge is -2.23. The number of H-pyrrole nitrogens is 1. The monoisotopic (exact) mass is 368 g/mol. The second-order valence-corrected chi connectivity index (χ2v) is 6.32. The van der Waals surface area contributed by atoms with Crippen LogP contribution in [0.1, 0.15) is 15.9 Å². The van der Waals surface area contributed by atoms with Crippen LogP contribution in [-0.4, -0.2) is 27.6 Å². The van der Waals surface area contributed by atoms with E-state index in [4.69, 9.17) is 11.6 Å². The van der Waals surface area contributed by atoms with Gasteiger partial charge in [-0.3, -0.25) is 20.0 Å². The van der Waals surface area contributed by atoms with E-state index < -0.39 is 4.92 Å². The van der Waals surface area contributed by atoms with Crippen molar-refractivity contribution in [1.29, 1.82) is 0 Å². The van der Waals surface area contributed by atoms with Gasteiger partial charge >= 0.3 is 0 Å². The molecule has 0 aliphatic carbocycles. The maximum Gasteiger partial charge on any atom is 0.270 e. The van der Waals surface area contributed by atoms with Gasteiger partial charge in [-0.15, -0.1) is 0 Å². The second-order valence-electron chi connectivity index (χ2n) is 5.92. The first kappa shape index (κ1) is 16.3. The first-order valence-corrected chi connectivity index (χ1v) is 8.31. The highest BCUT2D eigenvalue weighted by Crippen LogP contribution is 2.36. The molecule has 4 rings (SSSR count). The van der Waals surface area contributed by atoms with Crippen molar-refractivity contribution < 1.29 is 9.72 Å². The van der Waals surface area contributed by atoms with Crippen LogP contribution in [0.3, 0.4) is 0 Å². The predicted octanol–water partition coefficient (Wildman–Crippen LogP) is 3.84. The number of benzene rings is 2. The maximum absolute atomic E-state index is 13.1. The Labute approximate surface area is 153 Å². The van der Waals surface area contributed by atoms with Gasteiger partial charge in [0, 0.05) is 24.2 Å². The van der Waals surface area contributed by atoms with Gasteiger partial charge in [-0.05, 0) is 24.1 Å². The summed E-state index contributed by atoms with van der Waals surface area (Å²) in [5.74, 6) is -0.296. The Kier molecular flexibility index (Phi) is 3.93. The highest BCUT2D eigenvalue weighted by atomic mass is 35.5. The first-order valence-electron chi connectivity index (χ1n) is 7.93. The van der Waals surface area contributed by atoms with Crippen LogP contribution in [0.25, 0.3) is 11.3 Å². The maximum atomic E-state index is 13.1. The fourth-order valence-electron chi connectivity index (χ4n) is 3.15. The molecule has 130 valence electrons. The average Bonchev–Trinajstić information content (AvgIpc) is 3.04. The molecule has 1 aliphatic rings. The SMILES string of the molecule is O=C(c1ccc([N+](=O)[O-])cc1Cl)N1CCc2cn[nH]c2-c2ccccc21. The Bertz CT molecular complexity index is 1030. The molecule has 7 nitrogen and oxygen atoms in total. The van der Waals surface area contributed by atoms with Crippen LogP contribution in [0, 0.1) is 10.1 Å². The lowest BCUT2D eigenvalue weighted by atomic mass is 10.1. The lowest BCUT2D eigenvalue weighted by molar-refractivity contribution is -0.384. The Balaban J connectivity index is 1.78. The fourth-order valence-corrected chi connectivity index (χ4v) is 3.41. The molecule has 26 heavy (non-hydrogen) atoms. The average molecular weight is 369 g/mol. The molecule has 0 atom stereocenters. The minimum atomic E-state index is -0.541. The van der Waals surface area contributed by atoms with Crippen molar-refractivity contribution in [1.82, 2.24) is 10.2 Å². The third-order valence-electron chi connectivity index (χ3n) is 4.43. The number of hydrogen-bond donors (Lipinski definition) is 1. The number of nitro benzene ring substituents is 1. The summed E-state index contributed by atoms with van der Waals surface area (Å²) in [6, 6.07) is 11.4. The third-order valence-corrected chi connectivity index (χ3v) is 4.74. The van der Waals surface area contributed by atoms with Crippen molar-refractivity contribution >= 4 is 28.9 Å². The van der Waals surface area contributed by atoms with E-state index in [-0.39, 0.29) is 22.2 Å². The van der Waals surface area contributed by atoms with Crippen LogP contribution in [-0.2, 0) is 6.42 Å². The van der Waals surface area contributed by atoms with Gasteiger partial charge in [-0.25, -0.2) is 0 Å². The van der Waals surface area contributed by atoms with E-state index >= 15 is 0 Å². The van der Waals surface area contributed by atoms with Crippen molar-refractivity contribution in [3.63, 3.8) is 0 Å². The van der Waals surface area contributed by atoms with Gasteiger partial charge in [-0.2, -0.15) is 5.10 Å². The number of nitro groups is 1. The molecule has 2 aromatic carbocycles. The zero-order valence-corrected chi connectivity index (χ0v) is 14.2. The number of carbonyl (C=O) groups is 1. The normalized spacial score (nSPS) is 12.9. The fraction of sp³-hybridized carbons (Fsp3) is 0.111. The molecular formula is C18H13ClN4O3. The molecule has 0 fully saturated rings. The third kappa shape index (κ3) is 2.62. The number of amides is 1. The van der Waals surface area contributed by atoms with Gasteiger partial charge in [0.2, 0.25) is 0 Å². The number of nitrogens with one attached hydrogen (secondary N) is 1. The second kappa shape index (κ2) is 6.27. The molecule has 8 heteroatoms. The van der Waals surface area contributed by atoms with E-state index in [9.17, 15) is 14.9 Å². The summed E-state index contributed by atoms with van der Waals surface area (Å²) in [4.78, 5) is 25.1. The molecule has 0 saturated heterocycles. The standard InChI is InChI=1S/C18H13ClN4O3/c19-15-9-12(23(25)26)5-6-13(15)18(24)22-8-7-11-10-20-21-17(11)14-3-1-2-4-16(14)22/h1-6,9-10H,7-8H2,(H,20,21). The minimum absolute atomic E-state index is 0.0612. The van der Waals surface area contributed by atoms with Gasteiger partial charge in [0.25, 0.3) is 11.6 Å². The summed E-state index contributed by atoms with van der Waals surface area (Å²) in [5, 5.41) is 18.0. The number of para-hydroxylation sites is 1. The molecule has 0 radical (unpaired) electrons. The van der Waals surface area contributed by atoms with Gasteiger partial charge in [-0.1, -0.05) is 29.8 Å². The zero-order valence-electron chi connectivity index (χ0n) is 13.5. The van der Waals surface area contributed by atoms with Gasteiger partial charge < -0.3 is 4.90 Å². The summed E-state index contributed by atoms with van der Waals surface area (Å²) in [6.45, 7) is 0.454. The van der Waals surface area contributed by atoms with E-state index in [1.165, 1.54) is 18.2 Å². The summed E-state index contributed by atoms with van der Waals surface area (Å²) < 4.78 is 0. The van der Waals surface area contributed by atoms with Crippen LogP contribution in [0.4, 0.5) is 11.4 Å². The number of hydrogen-bond acceptors (Lipinski definition) is 4. The predicted molar refractivity (Wildman–Crippen MR) is 97.5 cm³/mol. The van der Waals surface area contributed by atoms with Crippen molar-refractivity contribution in [3.05, 3.63) is 74.9 Å². The largest absolute Gasteiger partial charge is 0.307 e. The number of halogens is 1. The van der Waals surface area contributed by atoms with Gasteiger partial charge in [0.15, 0.2) is 0 Å². The molecular weight excluding hydrogens is 356 g/mol. The Hall–Kier alpha value is -3.19. The molecule has 1 aromatic heterocycles. The highest BCUT2D eigenvalue weighted by molar-refractivity contribution is 6.34. The Morgan fingerprint density at radius 1 is 1.27 bits per heavy atom. The van der Waals surface area contributed by atoms with E-state index in [0.29, 0.717) is 13.0 Å². The van der Waals surface area contributed by atoms with Crippen LogP contribution in [0.2, 0.25) is 5.02 Å².